The number of aliphatic hydroxyl groups excluding tert-OH is 7. The van der Waals surface area contributed by atoms with Crippen LogP contribution < -0.4 is 5.32 Å². The molecule has 1 rings (SSSR count). The maximum absolute atomic E-state index is 13.3. The molecule has 0 aromatic heterocycles. The molecule has 0 radical (unpaired) electrons. The molecule has 8 N–H and O–H groups in total. The van der Waals surface area contributed by atoms with Crippen molar-refractivity contribution >= 4 is 5.91 Å². The van der Waals surface area contributed by atoms with E-state index in [2.05, 4.69) is 31.3 Å². The van der Waals surface area contributed by atoms with Crippen LogP contribution in [0.4, 0.5) is 0 Å². The van der Waals surface area contributed by atoms with E-state index in [4.69, 9.17) is 9.47 Å². The van der Waals surface area contributed by atoms with Gasteiger partial charge >= 0.3 is 0 Å². The van der Waals surface area contributed by atoms with Gasteiger partial charge in [-0.05, 0) is 38.5 Å². The standard InChI is InChI=1S/C74H145NO10/c1-3-5-7-9-11-13-15-17-19-21-23-25-27-29-31-33-34-36-37-39-41-43-45-47-49-51-53-55-57-59-61-66(77)69(79)65(64-84-74-72(82)71(81)70(80)68(63-76)85-74)75-73(83)67(78)62-60-58-56-54-52-50-48-46-44-42-40-38-35-32-30-28-26-24-22-20-18-16-14-12-10-8-6-4-2/h53,55,65-72,74,76-82H,3-52,54,56-64H2,1-2H3,(H,75,83)/b55-53+. The third-order valence-electron chi connectivity index (χ3n) is 18.6. The van der Waals surface area contributed by atoms with Crippen LogP contribution in [-0.4, -0.2) is 110 Å². The quantitative estimate of drug-likeness (QED) is 0.0215. The number of nitrogens with one attached hydrogen (secondary N) is 1. The Bertz CT molecular complexity index is 1390. The van der Waals surface area contributed by atoms with E-state index in [0.717, 1.165) is 32.1 Å². The molecule has 1 fully saturated rings. The minimum atomic E-state index is -1.67. The first kappa shape index (κ1) is 81.9. The van der Waals surface area contributed by atoms with Crippen LogP contribution >= 0.6 is 0 Å². The molecule has 11 nitrogen and oxygen atoms in total. The van der Waals surface area contributed by atoms with E-state index in [1.807, 2.05) is 0 Å². The first-order valence-corrected chi connectivity index (χ1v) is 37.6. The molecule has 0 aliphatic carbocycles. The molecule has 11 heteroatoms. The minimum Gasteiger partial charge on any atom is -0.394 e. The van der Waals surface area contributed by atoms with Crippen molar-refractivity contribution in [3.63, 3.8) is 0 Å². The number of ether oxygens (including phenoxy) is 2. The van der Waals surface area contributed by atoms with Gasteiger partial charge in [-0.15, -0.1) is 0 Å². The molecule has 85 heavy (non-hydrogen) atoms. The first-order valence-electron chi connectivity index (χ1n) is 37.6. The lowest BCUT2D eigenvalue weighted by molar-refractivity contribution is -0.303. The van der Waals surface area contributed by atoms with Crippen molar-refractivity contribution in [3.05, 3.63) is 12.2 Å². The van der Waals surface area contributed by atoms with Gasteiger partial charge in [-0.3, -0.25) is 4.79 Å². The summed E-state index contributed by atoms with van der Waals surface area (Å²) >= 11 is 0. The third-order valence-corrected chi connectivity index (χ3v) is 18.6. The van der Waals surface area contributed by atoms with Gasteiger partial charge in [0.05, 0.1) is 25.4 Å². The van der Waals surface area contributed by atoms with E-state index in [-0.39, 0.29) is 12.8 Å². The zero-order chi connectivity index (χ0) is 61.7. The van der Waals surface area contributed by atoms with Gasteiger partial charge < -0.3 is 50.5 Å². The van der Waals surface area contributed by atoms with Crippen molar-refractivity contribution in [1.82, 2.24) is 5.32 Å². The Balaban J connectivity index is 2.17. The van der Waals surface area contributed by atoms with Crippen molar-refractivity contribution in [1.29, 1.82) is 0 Å². The van der Waals surface area contributed by atoms with Crippen LogP contribution in [0.2, 0.25) is 0 Å². The monoisotopic (exact) mass is 1210 g/mol. The molecule has 9 unspecified atom stereocenters. The van der Waals surface area contributed by atoms with Crippen molar-refractivity contribution in [2.45, 2.75) is 441 Å². The van der Waals surface area contributed by atoms with Crippen LogP contribution in [-0.2, 0) is 14.3 Å². The summed E-state index contributed by atoms with van der Waals surface area (Å²) in [6, 6.07) is -1.18. The highest BCUT2D eigenvalue weighted by molar-refractivity contribution is 5.80. The third kappa shape index (κ3) is 50.2. The van der Waals surface area contributed by atoms with Crippen LogP contribution in [0.25, 0.3) is 0 Å². The molecule has 1 saturated heterocycles. The Morgan fingerprint density at radius 2 is 0.694 bits per heavy atom. The first-order chi connectivity index (χ1) is 41.7. The van der Waals surface area contributed by atoms with Gasteiger partial charge in [-0.25, -0.2) is 0 Å². The summed E-state index contributed by atoms with van der Waals surface area (Å²) in [6.45, 7) is 3.52. The smallest absolute Gasteiger partial charge is 0.249 e. The van der Waals surface area contributed by atoms with Gasteiger partial charge in [0.1, 0.15) is 36.6 Å². The van der Waals surface area contributed by atoms with Crippen molar-refractivity contribution < 1.29 is 50.0 Å². The normalized spacial score (nSPS) is 18.8. The van der Waals surface area contributed by atoms with Gasteiger partial charge in [-0.2, -0.15) is 0 Å². The van der Waals surface area contributed by atoms with E-state index in [1.54, 1.807) is 0 Å². The fourth-order valence-corrected chi connectivity index (χ4v) is 12.6. The van der Waals surface area contributed by atoms with Crippen molar-refractivity contribution in [2.75, 3.05) is 13.2 Å². The van der Waals surface area contributed by atoms with E-state index < -0.39 is 74.2 Å². The number of allylic oxidation sites excluding steroid dienone is 2. The lowest BCUT2D eigenvalue weighted by Gasteiger charge is -2.40. The predicted octanol–water partition coefficient (Wildman–Crippen LogP) is 18.6. The molecule has 1 aliphatic heterocycles. The number of rotatable bonds is 67. The summed E-state index contributed by atoms with van der Waals surface area (Å²) in [6.07, 6.45) is 67.5. The lowest BCUT2D eigenvalue weighted by Crippen LogP contribution is -2.60. The number of hydrogen-bond acceptors (Lipinski definition) is 10. The van der Waals surface area contributed by atoms with Crippen LogP contribution in [0, 0.1) is 0 Å². The largest absolute Gasteiger partial charge is 0.394 e. The van der Waals surface area contributed by atoms with Crippen LogP contribution in [0.3, 0.4) is 0 Å². The summed E-state index contributed by atoms with van der Waals surface area (Å²) in [5, 5.41) is 76.6. The predicted molar refractivity (Wildman–Crippen MR) is 358 cm³/mol. The molecule has 506 valence electrons. The second-order valence-electron chi connectivity index (χ2n) is 26.7. The topological polar surface area (TPSA) is 189 Å². The maximum atomic E-state index is 13.3. The lowest BCUT2D eigenvalue weighted by atomic mass is 9.98. The highest BCUT2D eigenvalue weighted by Crippen LogP contribution is 2.24. The number of carbonyl (C=O) groups excluding carboxylic acids is 1. The van der Waals surface area contributed by atoms with E-state index in [0.29, 0.717) is 12.8 Å². The molecule has 1 heterocycles. The number of unbranched alkanes of at least 4 members (excludes halogenated alkanes) is 53. The molecule has 0 spiro atoms. The molecule has 1 amide bonds. The van der Waals surface area contributed by atoms with E-state index >= 15 is 0 Å². The van der Waals surface area contributed by atoms with E-state index in [9.17, 15) is 40.5 Å². The number of aliphatic hydroxyl groups is 7. The molecular formula is C74H145NO10. The molecule has 0 aromatic carbocycles. The van der Waals surface area contributed by atoms with Crippen LogP contribution in [0.1, 0.15) is 386 Å². The highest BCUT2D eigenvalue weighted by Gasteiger charge is 2.44. The number of amides is 1. The summed E-state index contributed by atoms with van der Waals surface area (Å²) < 4.78 is 11.2. The van der Waals surface area contributed by atoms with Gasteiger partial charge in [0.2, 0.25) is 5.91 Å². The molecule has 1 aliphatic rings. The average Bonchev–Trinajstić information content (AvgIpc) is 3.61. The second kappa shape index (κ2) is 63.0. The van der Waals surface area contributed by atoms with Crippen LogP contribution in [0.15, 0.2) is 12.2 Å². The molecule has 0 bridgehead atoms. The highest BCUT2D eigenvalue weighted by atomic mass is 16.7. The van der Waals surface area contributed by atoms with Crippen LogP contribution in [0.5, 0.6) is 0 Å². The van der Waals surface area contributed by atoms with Gasteiger partial charge in [0.25, 0.3) is 0 Å². The Morgan fingerprint density at radius 1 is 0.400 bits per heavy atom. The zero-order valence-electron chi connectivity index (χ0n) is 56.1. The summed E-state index contributed by atoms with van der Waals surface area (Å²) in [5.74, 6) is -0.697. The Labute approximate surface area is 525 Å². The molecule has 0 saturated carbocycles. The van der Waals surface area contributed by atoms with Gasteiger partial charge in [-0.1, -0.05) is 360 Å². The number of carbonyl (C=O) groups is 1. The van der Waals surface area contributed by atoms with Gasteiger partial charge in [0, 0.05) is 0 Å². The molecule has 0 aromatic rings. The Hall–Kier alpha value is -1.15. The number of hydrogen-bond donors (Lipinski definition) is 8. The summed E-state index contributed by atoms with van der Waals surface area (Å²) in [7, 11) is 0. The fourth-order valence-electron chi connectivity index (χ4n) is 12.6. The molecule has 9 atom stereocenters. The Morgan fingerprint density at radius 3 is 1.01 bits per heavy atom. The fraction of sp³-hybridized carbons (Fsp3) is 0.959. The minimum absolute atomic E-state index is 0.260. The SMILES string of the molecule is CCCCCCCCCCCCCCCCCCCCCCCCCCC/C=C/CCCC(O)C(O)C(COC1OC(CO)C(O)C(O)C1O)NC(=O)C(O)CCCCCCCCCCCCCCCCCCCCCCCCCCCCCC. The second-order valence-corrected chi connectivity index (χ2v) is 26.7. The van der Waals surface area contributed by atoms with Crippen molar-refractivity contribution in [3.8, 4) is 0 Å². The van der Waals surface area contributed by atoms with Crippen molar-refractivity contribution in [2.24, 2.45) is 0 Å². The van der Waals surface area contributed by atoms with Gasteiger partial charge in [0.15, 0.2) is 6.29 Å². The summed E-state index contributed by atoms with van der Waals surface area (Å²) in [4.78, 5) is 13.3. The molecular weight excluding hydrogens is 1060 g/mol. The van der Waals surface area contributed by atoms with E-state index in [1.165, 1.54) is 315 Å². The average molecular weight is 1210 g/mol. The Kier molecular flexibility index (Phi) is 60.7. The summed E-state index contributed by atoms with van der Waals surface area (Å²) in [5.41, 5.74) is 0. The maximum Gasteiger partial charge on any atom is 0.249 e. The zero-order valence-corrected chi connectivity index (χ0v) is 56.1.